The van der Waals surface area contributed by atoms with Crippen molar-refractivity contribution in [3.63, 3.8) is 0 Å². The Balaban J connectivity index is 1.56. The molecule has 0 spiro atoms. The number of rotatable bonds is 4. The SMILES string of the molecule is C[C@@H](NC(=O)C1CCN(S(C)(=O)=O)CC1)C(=O)N1CCc2ccccc21. The van der Waals surface area contributed by atoms with Crippen molar-refractivity contribution in [2.24, 2.45) is 5.92 Å². The van der Waals surface area contributed by atoms with Gasteiger partial charge in [0.2, 0.25) is 21.8 Å². The zero-order valence-electron chi connectivity index (χ0n) is 15.1. The van der Waals surface area contributed by atoms with Crippen LogP contribution in [0.25, 0.3) is 0 Å². The summed E-state index contributed by atoms with van der Waals surface area (Å²) in [6.45, 7) is 3.02. The van der Waals surface area contributed by atoms with E-state index in [1.807, 2.05) is 24.3 Å². The van der Waals surface area contributed by atoms with Gasteiger partial charge in [-0.25, -0.2) is 12.7 Å². The largest absolute Gasteiger partial charge is 0.344 e. The van der Waals surface area contributed by atoms with Crippen molar-refractivity contribution in [3.05, 3.63) is 29.8 Å². The number of para-hydroxylation sites is 1. The third-order valence-corrected chi connectivity index (χ3v) is 6.48. The van der Waals surface area contributed by atoms with Crippen LogP contribution in [0.4, 0.5) is 5.69 Å². The molecule has 1 aromatic carbocycles. The first-order valence-electron chi connectivity index (χ1n) is 8.92. The highest BCUT2D eigenvalue weighted by molar-refractivity contribution is 7.88. The number of fused-ring (bicyclic) bond motifs is 1. The molecule has 1 saturated heterocycles. The van der Waals surface area contributed by atoms with Crippen molar-refractivity contribution >= 4 is 27.5 Å². The number of hydrogen-bond acceptors (Lipinski definition) is 4. The second-order valence-corrected chi connectivity index (χ2v) is 9.02. The van der Waals surface area contributed by atoms with Gasteiger partial charge in [0.05, 0.1) is 6.26 Å². The van der Waals surface area contributed by atoms with Crippen LogP contribution >= 0.6 is 0 Å². The Morgan fingerprint density at radius 2 is 1.81 bits per heavy atom. The number of piperidine rings is 1. The third kappa shape index (κ3) is 3.91. The zero-order valence-corrected chi connectivity index (χ0v) is 16.0. The fraction of sp³-hybridized carbons (Fsp3) is 0.556. The molecular weight excluding hydrogens is 354 g/mol. The summed E-state index contributed by atoms with van der Waals surface area (Å²) >= 11 is 0. The predicted molar refractivity (Wildman–Crippen MR) is 99.2 cm³/mol. The van der Waals surface area contributed by atoms with Crippen LogP contribution in [0.3, 0.4) is 0 Å². The summed E-state index contributed by atoms with van der Waals surface area (Å²) in [6, 6.07) is 7.20. The number of hydrogen-bond donors (Lipinski definition) is 1. The summed E-state index contributed by atoms with van der Waals surface area (Å²) in [7, 11) is -3.21. The van der Waals surface area contributed by atoms with Gasteiger partial charge in [0.25, 0.3) is 0 Å². The van der Waals surface area contributed by atoms with Crippen molar-refractivity contribution in [1.29, 1.82) is 0 Å². The summed E-state index contributed by atoms with van der Waals surface area (Å²) in [5, 5.41) is 2.81. The molecule has 0 saturated carbocycles. The Morgan fingerprint density at radius 1 is 1.15 bits per heavy atom. The van der Waals surface area contributed by atoms with Crippen molar-refractivity contribution < 1.29 is 18.0 Å². The van der Waals surface area contributed by atoms with Gasteiger partial charge in [-0.2, -0.15) is 0 Å². The molecule has 2 heterocycles. The summed E-state index contributed by atoms with van der Waals surface area (Å²) in [5.41, 5.74) is 2.06. The van der Waals surface area contributed by atoms with Gasteiger partial charge in [-0.3, -0.25) is 9.59 Å². The third-order valence-electron chi connectivity index (χ3n) is 5.18. The number of amides is 2. The fourth-order valence-corrected chi connectivity index (χ4v) is 4.52. The number of sulfonamides is 1. The second-order valence-electron chi connectivity index (χ2n) is 7.04. The van der Waals surface area contributed by atoms with E-state index >= 15 is 0 Å². The molecular formula is C18H25N3O4S. The Labute approximate surface area is 154 Å². The molecule has 2 aliphatic heterocycles. The molecule has 1 atom stereocenters. The smallest absolute Gasteiger partial charge is 0.249 e. The monoisotopic (exact) mass is 379 g/mol. The molecule has 26 heavy (non-hydrogen) atoms. The second kappa shape index (κ2) is 7.36. The highest BCUT2D eigenvalue weighted by Gasteiger charge is 2.32. The molecule has 2 aliphatic rings. The minimum absolute atomic E-state index is 0.114. The van der Waals surface area contributed by atoms with Gasteiger partial charge in [0, 0.05) is 31.2 Å². The maximum Gasteiger partial charge on any atom is 0.249 e. The Bertz CT molecular complexity index is 800. The van der Waals surface area contributed by atoms with Gasteiger partial charge in [0.1, 0.15) is 6.04 Å². The topological polar surface area (TPSA) is 86.8 Å². The molecule has 1 fully saturated rings. The molecule has 7 nitrogen and oxygen atoms in total. The lowest BCUT2D eigenvalue weighted by molar-refractivity contribution is -0.130. The van der Waals surface area contributed by atoms with Crippen LogP contribution in [0.1, 0.15) is 25.3 Å². The highest BCUT2D eigenvalue weighted by Crippen LogP contribution is 2.28. The van der Waals surface area contributed by atoms with Crippen molar-refractivity contribution in [1.82, 2.24) is 9.62 Å². The summed E-state index contributed by atoms with van der Waals surface area (Å²) in [6.07, 6.45) is 2.97. The summed E-state index contributed by atoms with van der Waals surface area (Å²) in [5.74, 6) is -0.544. The quantitative estimate of drug-likeness (QED) is 0.836. The molecule has 0 aromatic heterocycles. The molecule has 1 aromatic rings. The van der Waals surface area contributed by atoms with Crippen LogP contribution < -0.4 is 10.2 Å². The molecule has 3 rings (SSSR count). The minimum atomic E-state index is -3.21. The first kappa shape index (κ1) is 18.8. The highest BCUT2D eigenvalue weighted by atomic mass is 32.2. The summed E-state index contributed by atoms with van der Waals surface area (Å²) in [4.78, 5) is 26.9. The van der Waals surface area contributed by atoms with Gasteiger partial charge in [-0.15, -0.1) is 0 Å². The lowest BCUT2D eigenvalue weighted by Gasteiger charge is -2.30. The number of anilines is 1. The van der Waals surface area contributed by atoms with Gasteiger partial charge in [0.15, 0.2) is 0 Å². The average Bonchev–Trinajstić information content (AvgIpc) is 3.04. The van der Waals surface area contributed by atoms with Crippen LogP contribution in [0.15, 0.2) is 24.3 Å². The average molecular weight is 379 g/mol. The molecule has 1 N–H and O–H groups in total. The van der Waals surface area contributed by atoms with Crippen LogP contribution in [-0.4, -0.2) is 56.5 Å². The van der Waals surface area contributed by atoms with E-state index in [-0.39, 0.29) is 17.7 Å². The van der Waals surface area contributed by atoms with E-state index in [0.29, 0.717) is 32.5 Å². The van der Waals surface area contributed by atoms with Gasteiger partial charge < -0.3 is 10.2 Å². The Morgan fingerprint density at radius 3 is 2.46 bits per heavy atom. The van der Waals surface area contributed by atoms with Gasteiger partial charge >= 0.3 is 0 Å². The maximum absolute atomic E-state index is 12.7. The number of nitrogens with zero attached hydrogens (tertiary/aromatic N) is 2. The van der Waals surface area contributed by atoms with E-state index in [0.717, 1.165) is 17.7 Å². The van der Waals surface area contributed by atoms with Crippen LogP contribution in [-0.2, 0) is 26.0 Å². The zero-order chi connectivity index (χ0) is 18.9. The molecule has 2 amide bonds. The van der Waals surface area contributed by atoms with Crippen LogP contribution in [0, 0.1) is 5.92 Å². The van der Waals surface area contributed by atoms with E-state index in [4.69, 9.17) is 0 Å². The normalized spacial score (nSPS) is 19.8. The molecule has 142 valence electrons. The fourth-order valence-electron chi connectivity index (χ4n) is 3.64. The maximum atomic E-state index is 12.7. The summed E-state index contributed by atoms with van der Waals surface area (Å²) < 4.78 is 24.5. The number of nitrogens with one attached hydrogen (secondary N) is 1. The number of benzene rings is 1. The van der Waals surface area contributed by atoms with E-state index in [1.54, 1.807) is 11.8 Å². The minimum Gasteiger partial charge on any atom is -0.344 e. The first-order valence-corrected chi connectivity index (χ1v) is 10.8. The number of carbonyl (C=O) groups excluding carboxylic acids is 2. The predicted octanol–water partition coefficient (Wildman–Crippen LogP) is 0.752. The van der Waals surface area contributed by atoms with E-state index in [1.165, 1.54) is 10.6 Å². The number of carbonyl (C=O) groups is 2. The van der Waals surface area contributed by atoms with E-state index < -0.39 is 16.1 Å². The van der Waals surface area contributed by atoms with Crippen LogP contribution in [0.5, 0.6) is 0 Å². The molecule has 0 unspecified atom stereocenters. The molecule has 8 heteroatoms. The van der Waals surface area contributed by atoms with E-state index in [2.05, 4.69) is 5.32 Å². The molecule has 0 radical (unpaired) electrons. The van der Waals surface area contributed by atoms with Crippen molar-refractivity contribution in [2.45, 2.75) is 32.2 Å². The van der Waals surface area contributed by atoms with Gasteiger partial charge in [-0.05, 0) is 37.8 Å². The Hall–Kier alpha value is -1.93. The van der Waals surface area contributed by atoms with Crippen LogP contribution in [0.2, 0.25) is 0 Å². The first-order chi connectivity index (χ1) is 12.3. The Kier molecular flexibility index (Phi) is 5.34. The van der Waals surface area contributed by atoms with Crippen molar-refractivity contribution in [2.75, 3.05) is 30.8 Å². The molecule has 0 aliphatic carbocycles. The van der Waals surface area contributed by atoms with Gasteiger partial charge in [-0.1, -0.05) is 18.2 Å². The lowest BCUT2D eigenvalue weighted by Crippen LogP contribution is -2.50. The molecule has 0 bridgehead atoms. The van der Waals surface area contributed by atoms with E-state index in [9.17, 15) is 18.0 Å². The van der Waals surface area contributed by atoms with Crippen molar-refractivity contribution in [3.8, 4) is 0 Å². The lowest BCUT2D eigenvalue weighted by atomic mass is 9.97. The standard InChI is InChI=1S/C18H25N3O4S/c1-13(18(23)21-12-9-14-5-3-4-6-16(14)21)19-17(22)15-7-10-20(11-8-15)26(2,24)25/h3-6,13,15H,7-12H2,1-2H3,(H,19,22)/t13-/m1/s1.